The van der Waals surface area contributed by atoms with Crippen LogP contribution in [0, 0.1) is 0 Å². The van der Waals surface area contributed by atoms with Crippen LogP contribution in [-0.2, 0) is 16.2 Å². The second-order valence-corrected chi connectivity index (χ2v) is 10.6. The van der Waals surface area contributed by atoms with Crippen LogP contribution in [0.4, 0.5) is 30.8 Å². The van der Waals surface area contributed by atoms with Gasteiger partial charge in [-0.1, -0.05) is 17.7 Å². The van der Waals surface area contributed by atoms with Gasteiger partial charge in [0.1, 0.15) is 10.6 Å². The molecule has 15 heteroatoms. The minimum atomic E-state index is -4.84. The summed E-state index contributed by atoms with van der Waals surface area (Å²) in [5.74, 6) is -0.142. The molecular formula is C22H24ClF3N6O4S. The van der Waals surface area contributed by atoms with Crippen LogP contribution >= 0.6 is 11.6 Å². The van der Waals surface area contributed by atoms with E-state index in [0.29, 0.717) is 25.7 Å². The number of H-pyrrole nitrogens is 1. The highest BCUT2D eigenvalue weighted by Gasteiger charge is 2.36. The van der Waals surface area contributed by atoms with Crippen LogP contribution in [0.1, 0.15) is 31.2 Å². The summed E-state index contributed by atoms with van der Waals surface area (Å²) >= 11 is 6.32. The molecule has 3 aromatic rings. The molecule has 1 heterocycles. The number of benzene rings is 2. The summed E-state index contributed by atoms with van der Waals surface area (Å²) < 4.78 is 76.6. The lowest BCUT2D eigenvalue weighted by molar-refractivity contribution is -0.137. The summed E-state index contributed by atoms with van der Waals surface area (Å²) in [6.45, 7) is 0. The standard InChI is InChI=1S/C22H24ClF3N6O4S/c1-36-17-7-2-11(8-18(17)37(34,35)32-12-3-5-14(33)6-4-12)19-15(22(24,25)26)9-13(10-16(19)23)28-21-29-20(27)30-31-21/h2,7-10,12,14,32-33H,3-6H2,1H3,(H4,27,28,29,30,31)/t12-,14-. The molecule has 10 nitrogen and oxygen atoms in total. The molecule has 0 bridgehead atoms. The number of rotatable bonds is 7. The molecule has 0 saturated heterocycles. The Labute approximate surface area is 215 Å². The summed E-state index contributed by atoms with van der Waals surface area (Å²) in [5.41, 5.74) is 3.81. The van der Waals surface area contributed by atoms with Crippen molar-refractivity contribution in [1.29, 1.82) is 0 Å². The first-order valence-corrected chi connectivity index (χ1v) is 13.0. The lowest BCUT2D eigenvalue weighted by atomic mass is 9.94. The first kappa shape index (κ1) is 27.0. The number of aromatic amines is 1. The molecule has 0 amide bonds. The Bertz CT molecular complexity index is 1390. The third-order valence-electron chi connectivity index (χ3n) is 5.91. The molecule has 1 fully saturated rings. The Hall–Kier alpha value is -3.07. The molecule has 6 N–H and O–H groups in total. The fraction of sp³-hybridized carbons (Fsp3) is 0.364. The molecule has 0 radical (unpaired) electrons. The number of alkyl halides is 3. The Morgan fingerprint density at radius 2 is 1.89 bits per heavy atom. The number of nitrogen functional groups attached to an aromatic ring is 1. The number of nitrogens with two attached hydrogens (primary N) is 1. The van der Waals surface area contributed by atoms with E-state index < -0.39 is 39.5 Å². The average molecular weight is 561 g/mol. The maximum absolute atomic E-state index is 14.1. The van der Waals surface area contributed by atoms with E-state index in [1.165, 1.54) is 25.3 Å². The zero-order chi connectivity index (χ0) is 27.0. The van der Waals surface area contributed by atoms with Gasteiger partial charge >= 0.3 is 6.18 Å². The van der Waals surface area contributed by atoms with Gasteiger partial charge < -0.3 is 20.9 Å². The summed E-state index contributed by atoms with van der Waals surface area (Å²) in [6, 6.07) is 5.30. The molecule has 0 unspecified atom stereocenters. The third-order valence-corrected chi connectivity index (χ3v) is 7.75. The van der Waals surface area contributed by atoms with Gasteiger partial charge in [-0.05, 0) is 55.5 Å². The third kappa shape index (κ3) is 6.09. The van der Waals surface area contributed by atoms with Gasteiger partial charge in [0, 0.05) is 17.3 Å². The molecule has 0 atom stereocenters. The predicted octanol–water partition coefficient (Wildman–Crippen LogP) is 4.06. The zero-order valence-electron chi connectivity index (χ0n) is 19.4. The van der Waals surface area contributed by atoms with Crippen molar-refractivity contribution >= 4 is 39.2 Å². The van der Waals surface area contributed by atoms with Gasteiger partial charge in [-0.15, -0.1) is 5.10 Å². The molecule has 37 heavy (non-hydrogen) atoms. The van der Waals surface area contributed by atoms with Gasteiger partial charge in [-0.25, -0.2) is 18.2 Å². The highest BCUT2D eigenvalue weighted by Crippen LogP contribution is 2.44. The van der Waals surface area contributed by atoms with E-state index in [2.05, 4.69) is 25.2 Å². The van der Waals surface area contributed by atoms with Crippen LogP contribution in [0.25, 0.3) is 11.1 Å². The number of anilines is 3. The van der Waals surface area contributed by atoms with Crippen molar-refractivity contribution in [2.75, 3.05) is 18.2 Å². The number of aliphatic hydroxyl groups is 1. The van der Waals surface area contributed by atoms with E-state index in [1.807, 2.05) is 0 Å². The van der Waals surface area contributed by atoms with Gasteiger partial charge in [-0.3, -0.25) is 0 Å². The number of nitrogens with one attached hydrogen (secondary N) is 3. The second kappa shape index (κ2) is 10.4. The number of halogens is 4. The van der Waals surface area contributed by atoms with Crippen LogP contribution in [0.3, 0.4) is 0 Å². The first-order valence-electron chi connectivity index (χ1n) is 11.1. The molecule has 4 rings (SSSR count). The summed E-state index contributed by atoms with van der Waals surface area (Å²) in [5, 5.41) is 18.1. The number of sulfonamides is 1. The van der Waals surface area contributed by atoms with Crippen molar-refractivity contribution < 1.29 is 31.4 Å². The fourth-order valence-corrected chi connectivity index (χ4v) is 6.00. The van der Waals surface area contributed by atoms with E-state index in [4.69, 9.17) is 22.1 Å². The van der Waals surface area contributed by atoms with Crippen molar-refractivity contribution in [2.24, 2.45) is 0 Å². The molecular weight excluding hydrogens is 537 g/mol. The molecule has 1 aliphatic rings. The minimum absolute atomic E-state index is 0.0359. The Kier molecular flexibility index (Phi) is 7.55. The van der Waals surface area contributed by atoms with Crippen molar-refractivity contribution in [1.82, 2.24) is 19.9 Å². The van der Waals surface area contributed by atoms with E-state index >= 15 is 0 Å². The first-order chi connectivity index (χ1) is 17.4. The zero-order valence-corrected chi connectivity index (χ0v) is 21.0. The van der Waals surface area contributed by atoms with Crippen molar-refractivity contribution in [2.45, 2.75) is 48.9 Å². The Balaban J connectivity index is 1.76. The van der Waals surface area contributed by atoms with Gasteiger partial charge in [0.15, 0.2) is 0 Å². The molecule has 1 aliphatic carbocycles. The van der Waals surface area contributed by atoms with Crippen LogP contribution in [-0.4, -0.2) is 48.0 Å². The smallest absolute Gasteiger partial charge is 0.417 e. The number of aliphatic hydroxyl groups excluding tert-OH is 1. The maximum atomic E-state index is 14.1. The molecule has 0 aliphatic heterocycles. The minimum Gasteiger partial charge on any atom is -0.495 e. The Morgan fingerprint density at radius 3 is 2.49 bits per heavy atom. The fourth-order valence-electron chi connectivity index (χ4n) is 4.17. The Morgan fingerprint density at radius 1 is 1.19 bits per heavy atom. The second-order valence-electron chi connectivity index (χ2n) is 8.54. The molecule has 1 aromatic heterocycles. The van der Waals surface area contributed by atoms with E-state index in [-0.39, 0.29) is 38.8 Å². The monoisotopic (exact) mass is 560 g/mol. The number of methoxy groups -OCH3 is 1. The van der Waals surface area contributed by atoms with Crippen LogP contribution in [0.5, 0.6) is 5.75 Å². The SMILES string of the molecule is COc1ccc(-c2c(Cl)cc(Nc3n[nH]c(N)n3)cc2C(F)(F)F)cc1S(=O)(=O)N[C@H]1CC[C@H](O)CC1. The van der Waals surface area contributed by atoms with Crippen LogP contribution < -0.4 is 20.5 Å². The van der Waals surface area contributed by atoms with E-state index in [0.717, 1.165) is 12.1 Å². The van der Waals surface area contributed by atoms with Gasteiger partial charge in [0.2, 0.25) is 21.9 Å². The van der Waals surface area contributed by atoms with Crippen LogP contribution in [0.15, 0.2) is 35.2 Å². The van der Waals surface area contributed by atoms with Crippen molar-refractivity contribution in [3.63, 3.8) is 0 Å². The van der Waals surface area contributed by atoms with Crippen molar-refractivity contribution in [3.05, 3.63) is 40.9 Å². The molecule has 0 spiro atoms. The lowest BCUT2D eigenvalue weighted by Crippen LogP contribution is -2.38. The van der Waals surface area contributed by atoms with E-state index in [9.17, 15) is 26.7 Å². The lowest BCUT2D eigenvalue weighted by Gasteiger charge is -2.26. The number of hydrogen-bond acceptors (Lipinski definition) is 8. The normalized spacial score (nSPS) is 18.5. The number of hydrogen-bond donors (Lipinski definition) is 5. The highest BCUT2D eigenvalue weighted by molar-refractivity contribution is 7.89. The van der Waals surface area contributed by atoms with Crippen molar-refractivity contribution in [3.8, 4) is 16.9 Å². The molecule has 1 saturated carbocycles. The predicted molar refractivity (Wildman–Crippen MR) is 131 cm³/mol. The summed E-state index contributed by atoms with van der Waals surface area (Å²) in [6.07, 6.45) is -3.59. The number of ether oxygens (including phenoxy) is 1. The topological polar surface area (TPSA) is 155 Å². The highest BCUT2D eigenvalue weighted by atomic mass is 35.5. The van der Waals surface area contributed by atoms with Gasteiger partial charge in [0.05, 0.1) is 23.8 Å². The maximum Gasteiger partial charge on any atom is 0.417 e. The van der Waals surface area contributed by atoms with Gasteiger partial charge in [0.25, 0.3) is 0 Å². The van der Waals surface area contributed by atoms with Crippen LogP contribution in [0.2, 0.25) is 5.02 Å². The molecule has 200 valence electrons. The number of aromatic nitrogens is 3. The molecule has 2 aromatic carbocycles. The average Bonchev–Trinajstić information content (AvgIpc) is 3.23. The quantitative estimate of drug-likeness (QED) is 0.290. The number of nitrogens with zero attached hydrogens (tertiary/aromatic N) is 2. The summed E-state index contributed by atoms with van der Waals surface area (Å²) in [4.78, 5) is 3.46. The summed E-state index contributed by atoms with van der Waals surface area (Å²) in [7, 11) is -2.92. The largest absolute Gasteiger partial charge is 0.495 e. The van der Waals surface area contributed by atoms with Gasteiger partial charge in [-0.2, -0.15) is 18.2 Å². The van der Waals surface area contributed by atoms with E-state index in [1.54, 1.807) is 0 Å².